The SMILES string of the molecule is Cc1ccc(-c2nnc(C(F)(F)F)nn2)cc1C. The van der Waals surface area contributed by atoms with E-state index in [-0.39, 0.29) is 5.82 Å². The van der Waals surface area contributed by atoms with Crippen LogP contribution in [0.2, 0.25) is 0 Å². The second kappa shape index (κ2) is 4.32. The first-order valence-electron chi connectivity index (χ1n) is 5.10. The van der Waals surface area contributed by atoms with Gasteiger partial charge in [-0.25, -0.2) is 0 Å². The Balaban J connectivity index is 2.37. The molecule has 0 aliphatic carbocycles. The maximum Gasteiger partial charge on any atom is 0.455 e. The lowest BCUT2D eigenvalue weighted by molar-refractivity contribution is -0.146. The van der Waals surface area contributed by atoms with Crippen LogP contribution in [-0.4, -0.2) is 20.4 Å². The number of rotatable bonds is 1. The molecule has 0 aliphatic rings. The molecule has 0 saturated carbocycles. The van der Waals surface area contributed by atoms with Gasteiger partial charge in [0.2, 0.25) is 5.82 Å². The fourth-order valence-electron chi connectivity index (χ4n) is 1.34. The van der Waals surface area contributed by atoms with Crippen LogP contribution in [0.1, 0.15) is 17.0 Å². The van der Waals surface area contributed by atoms with Gasteiger partial charge in [-0.15, -0.1) is 20.4 Å². The standard InChI is InChI=1S/C11H9F3N4/c1-6-3-4-8(5-7(6)2)9-15-17-10(18-16-9)11(12,13)14/h3-5H,1-2H3. The summed E-state index contributed by atoms with van der Waals surface area (Å²) in [5, 5.41) is 12.9. The molecule has 0 unspecified atom stereocenters. The molecule has 0 N–H and O–H groups in total. The van der Waals surface area contributed by atoms with Crippen molar-refractivity contribution in [3.05, 3.63) is 35.2 Å². The maximum atomic E-state index is 12.2. The Kier molecular flexibility index (Phi) is 2.98. The van der Waals surface area contributed by atoms with Crippen molar-refractivity contribution in [1.29, 1.82) is 0 Å². The summed E-state index contributed by atoms with van der Waals surface area (Å²) in [5.74, 6) is -1.26. The normalized spacial score (nSPS) is 11.6. The van der Waals surface area contributed by atoms with E-state index < -0.39 is 12.0 Å². The molecule has 0 aliphatic heterocycles. The highest BCUT2D eigenvalue weighted by Crippen LogP contribution is 2.25. The zero-order chi connectivity index (χ0) is 13.3. The lowest BCUT2D eigenvalue weighted by Crippen LogP contribution is -2.14. The minimum Gasteiger partial charge on any atom is -0.163 e. The molecule has 1 heterocycles. The molecular formula is C11H9F3N4. The number of alkyl halides is 3. The third kappa shape index (κ3) is 2.44. The molecule has 18 heavy (non-hydrogen) atoms. The number of nitrogens with zero attached hydrogens (tertiary/aromatic N) is 4. The largest absolute Gasteiger partial charge is 0.455 e. The average molecular weight is 254 g/mol. The molecule has 2 rings (SSSR count). The van der Waals surface area contributed by atoms with Crippen LogP contribution in [0.4, 0.5) is 13.2 Å². The Bertz CT molecular complexity index is 563. The van der Waals surface area contributed by atoms with E-state index in [0.717, 1.165) is 11.1 Å². The van der Waals surface area contributed by atoms with Gasteiger partial charge < -0.3 is 0 Å². The fourth-order valence-corrected chi connectivity index (χ4v) is 1.34. The lowest BCUT2D eigenvalue weighted by Gasteiger charge is -2.05. The molecule has 94 valence electrons. The summed E-state index contributed by atoms with van der Waals surface area (Å²) in [4.78, 5) is 0. The molecule has 0 saturated heterocycles. The van der Waals surface area contributed by atoms with Crippen LogP contribution < -0.4 is 0 Å². The van der Waals surface area contributed by atoms with Crippen LogP contribution in [-0.2, 0) is 6.18 Å². The third-order valence-corrected chi connectivity index (χ3v) is 2.50. The molecule has 2 aromatic rings. The van der Waals surface area contributed by atoms with Gasteiger partial charge in [-0.3, -0.25) is 0 Å². The molecule has 0 spiro atoms. The van der Waals surface area contributed by atoms with Crippen molar-refractivity contribution < 1.29 is 13.2 Å². The number of aryl methyl sites for hydroxylation is 2. The van der Waals surface area contributed by atoms with Gasteiger partial charge in [-0.1, -0.05) is 12.1 Å². The molecule has 0 fully saturated rings. The number of aromatic nitrogens is 4. The molecule has 1 aromatic heterocycles. The quantitative estimate of drug-likeness (QED) is 0.784. The summed E-state index contributed by atoms with van der Waals surface area (Å²) < 4.78 is 36.7. The van der Waals surface area contributed by atoms with Gasteiger partial charge in [-0.2, -0.15) is 13.2 Å². The summed E-state index contributed by atoms with van der Waals surface area (Å²) in [7, 11) is 0. The van der Waals surface area contributed by atoms with Crippen molar-refractivity contribution in [1.82, 2.24) is 20.4 Å². The van der Waals surface area contributed by atoms with E-state index in [0.29, 0.717) is 5.56 Å². The van der Waals surface area contributed by atoms with Crippen molar-refractivity contribution in [2.24, 2.45) is 0 Å². The Labute approximate surface area is 101 Å². The van der Waals surface area contributed by atoms with E-state index in [1.54, 1.807) is 12.1 Å². The first-order valence-corrected chi connectivity index (χ1v) is 5.10. The summed E-state index contributed by atoms with van der Waals surface area (Å²) in [6, 6.07) is 5.33. The smallest absolute Gasteiger partial charge is 0.163 e. The number of benzene rings is 1. The Morgan fingerprint density at radius 1 is 0.889 bits per heavy atom. The van der Waals surface area contributed by atoms with Crippen LogP contribution in [0.3, 0.4) is 0 Å². The van der Waals surface area contributed by atoms with Crippen molar-refractivity contribution in [2.45, 2.75) is 20.0 Å². The lowest BCUT2D eigenvalue weighted by atomic mass is 10.1. The van der Waals surface area contributed by atoms with E-state index in [1.807, 2.05) is 19.9 Å². The van der Waals surface area contributed by atoms with Crippen LogP contribution in [0, 0.1) is 13.8 Å². The number of halogens is 3. The van der Waals surface area contributed by atoms with Gasteiger partial charge in [0.25, 0.3) is 5.82 Å². The van der Waals surface area contributed by atoms with Gasteiger partial charge in [-0.05, 0) is 31.0 Å². The topological polar surface area (TPSA) is 51.6 Å². The second-order valence-corrected chi connectivity index (χ2v) is 3.84. The van der Waals surface area contributed by atoms with E-state index >= 15 is 0 Å². The fraction of sp³-hybridized carbons (Fsp3) is 0.273. The first kappa shape index (κ1) is 12.4. The summed E-state index contributed by atoms with van der Waals surface area (Å²) in [6.45, 7) is 3.83. The van der Waals surface area contributed by atoms with Crippen LogP contribution >= 0.6 is 0 Å². The Hall–Kier alpha value is -2.05. The summed E-state index contributed by atoms with van der Waals surface area (Å²) in [6.07, 6.45) is -4.62. The van der Waals surface area contributed by atoms with Gasteiger partial charge in [0.1, 0.15) is 0 Å². The Morgan fingerprint density at radius 3 is 2.00 bits per heavy atom. The zero-order valence-corrected chi connectivity index (χ0v) is 9.65. The average Bonchev–Trinajstić information content (AvgIpc) is 2.32. The van der Waals surface area contributed by atoms with Gasteiger partial charge in [0.15, 0.2) is 0 Å². The predicted molar refractivity (Wildman–Crippen MR) is 57.5 cm³/mol. The van der Waals surface area contributed by atoms with E-state index in [9.17, 15) is 13.2 Å². The molecule has 4 nitrogen and oxygen atoms in total. The number of hydrogen-bond donors (Lipinski definition) is 0. The van der Waals surface area contributed by atoms with E-state index in [4.69, 9.17) is 0 Å². The monoisotopic (exact) mass is 254 g/mol. The van der Waals surface area contributed by atoms with Crippen LogP contribution in [0.15, 0.2) is 18.2 Å². The first-order chi connectivity index (χ1) is 8.38. The van der Waals surface area contributed by atoms with E-state index in [2.05, 4.69) is 20.4 Å². The van der Waals surface area contributed by atoms with Gasteiger partial charge >= 0.3 is 6.18 Å². The van der Waals surface area contributed by atoms with Gasteiger partial charge in [0.05, 0.1) is 0 Å². The molecule has 0 amide bonds. The highest BCUT2D eigenvalue weighted by Gasteiger charge is 2.35. The molecule has 7 heteroatoms. The van der Waals surface area contributed by atoms with Crippen molar-refractivity contribution in [2.75, 3.05) is 0 Å². The third-order valence-electron chi connectivity index (χ3n) is 2.50. The van der Waals surface area contributed by atoms with Gasteiger partial charge in [0, 0.05) is 5.56 Å². The number of hydrogen-bond acceptors (Lipinski definition) is 4. The molecular weight excluding hydrogens is 245 g/mol. The summed E-state index contributed by atoms with van der Waals surface area (Å²) in [5.41, 5.74) is 2.66. The van der Waals surface area contributed by atoms with Crippen LogP contribution in [0.5, 0.6) is 0 Å². The molecule has 0 bridgehead atoms. The van der Waals surface area contributed by atoms with Crippen molar-refractivity contribution >= 4 is 0 Å². The zero-order valence-electron chi connectivity index (χ0n) is 9.65. The highest BCUT2D eigenvalue weighted by molar-refractivity contribution is 5.56. The summed E-state index contributed by atoms with van der Waals surface area (Å²) >= 11 is 0. The maximum absolute atomic E-state index is 12.2. The minimum absolute atomic E-state index is 0.0751. The molecule has 0 radical (unpaired) electrons. The second-order valence-electron chi connectivity index (χ2n) is 3.84. The van der Waals surface area contributed by atoms with Crippen LogP contribution in [0.25, 0.3) is 11.4 Å². The van der Waals surface area contributed by atoms with Crippen molar-refractivity contribution in [3.8, 4) is 11.4 Å². The molecule has 0 atom stereocenters. The Morgan fingerprint density at radius 2 is 1.50 bits per heavy atom. The molecule has 1 aromatic carbocycles. The highest BCUT2D eigenvalue weighted by atomic mass is 19.4. The predicted octanol–water partition coefficient (Wildman–Crippen LogP) is 2.57. The minimum atomic E-state index is -4.62. The van der Waals surface area contributed by atoms with Crippen molar-refractivity contribution in [3.63, 3.8) is 0 Å². The van der Waals surface area contributed by atoms with E-state index in [1.165, 1.54) is 0 Å².